The van der Waals surface area contributed by atoms with Crippen LogP contribution in [0.1, 0.15) is 35.5 Å². The highest BCUT2D eigenvalue weighted by molar-refractivity contribution is 5.93. The minimum Gasteiger partial charge on any atom is -0.368 e. The molecule has 138 valence electrons. The molecule has 0 saturated carbocycles. The molecule has 27 heavy (non-hydrogen) atoms. The summed E-state index contributed by atoms with van der Waals surface area (Å²) >= 11 is 0. The van der Waals surface area contributed by atoms with Crippen LogP contribution in [-0.4, -0.2) is 21.9 Å². The highest BCUT2D eigenvalue weighted by Crippen LogP contribution is 2.18. The molecule has 0 aliphatic rings. The zero-order valence-corrected chi connectivity index (χ0v) is 15.9. The number of amides is 1. The van der Waals surface area contributed by atoms with Crippen LogP contribution in [-0.2, 0) is 6.54 Å². The first-order chi connectivity index (χ1) is 13.0. The number of carbonyl (C=O) groups is 1. The van der Waals surface area contributed by atoms with Crippen molar-refractivity contribution in [1.82, 2.24) is 15.3 Å². The van der Waals surface area contributed by atoms with E-state index in [2.05, 4.69) is 20.6 Å². The molecule has 0 saturated heterocycles. The predicted molar refractivity (Wildman–Crippen MR) is 109 cm³/mol. The Balaban J connectivity index is 1.84. The molecule has 1 aromatic heterocycles. The van der Waals surface area contributed by atoms with E-state index < -0.39 is 0 Å². The van der Waals surface area contributed by atoms with Crippen LogP contribution in [0.4, 0.5) is 5.82 Å². The summed E-state index contributed by atoms with van der Waals surface area (Å²) in [7, 11) is 0. The number of nitrogens with zero attached hydrogens (tertiary/aromatic N) is 2. The second-order valence-corrected chi connectivity index (χ2v) is 6.80. The number of rotatable bonds is 6. The molecule has 0 radical (unpaired) electrons. The Morgan fingerprint density at radius 3 is 2.37 bits per heavy atom. The summed E-state index contributed by atoms with van der Waals surface area (Å²) < 4.78 is 0. The van der Waals surface area contributed by atoms with Gasteiger partial charge in [-0.1, -0.05) is 60.2 Å². The Hall–Kier alpha value is -3.21. The number of hydrogen-bond donors (Lipinski definition) is 2. The highest BCUT2D eigenvalue weighted by atomic mass is 16.1. The molecular formula is C22H24N4O. The molecule has 1 heterocycles. The minimum atomic E-state index is -0.220. The number of carbonyl (C=O) groups excluding carboxylic acids is 1. The van der Waals surface area contributed by atoms with E-state index in [1.807, 2.05) is 75.4 Å². The summed E-state index contributed by atoms with van der Waals surface area (Å²) in [5.41, 5.74) is 3.46. The fraction of sp³-hybridized carbons (Fsp3) is 0.227. The lowest BCUT2D eigenvalue weighted by atomic mass is 10.1. The second-order valence-electron chi connectivity index (χ2n) is 6.80. The molecule has 3 rings (SSSR count). The zero-order valence-electron chi connectivity index (χ0n) is 15.9. The Bertz CT molecular complexity index is 905. The van der Waals surface area contributed by atoms with Crippen LogP contribution in [0.15, 0.2) is 60.7 Å². The maximum atomic E-state index is 12.7. The maximum absolute atomic E-state index is 12.7. The van der Waals surface area contributed by atoms with E-state index in [-0.39, 0.29) is 11.9 Å². The normalized spacial score (nSPS) is 10.7. The van der Waals surface area contributed by atoms with E-state index in [1.54, 1.807) is 6.07 Å². The van der Waals surface area contributed by atoms with Crippen molar-refractivity contribution in [3.05, 3.63) is 77.5 Å². The molecule has 0 aliphatic heterocycles. The molecular weight excluding hydrogens is 336 g/mol. The lowest BCUT2D eigenvalue weighted by molar-refractivity contribution is 0.0946. The number of benzene rings is 2. The fourth-order valence-electron chi connectivity index (χ4n) is 2.63. The van der Waals surface area contributed by atoms with E-state index in [0.29, 0.717) is 23.9 Å². The summed E-state index contributed by atoms with van der Waals surface area (Å²) in [6.07, 6.45) is 0. The topological polar surface area (TPSA) is 66.9 Å². The van der Waals surface area contributed by atoms with Crippen molar-refractivity contribution in [1.29, 1.82) is 0 Å². The van der Waals surface area contributed by atoms with Crippen LogP contribution in [0.3, 0.4) is 0 Å². The summed E-state index contributed by atoms with van der Waals surface area (Å²) in [4.78, 5) is 21.7. The quantitative estimate of drug-likeness (QED) is 0.691. The van der Waals surface area contributed by atoms with Crippen LogP contribution < -0.4 is 10.6 Å². The maximum Gasteiger partial charge on any atom is 0.270 e. The molecule has 0 bridgehead atoms. The van der Waals surface area contributed by atoms with E-state index in [4.69, 9.17) is 0 Å². The Kier molecular flexibility index (Phi) is 5.81. The van der Waals surface area contributed by atoms with Crippen LogP contribution in [0, 0.1) is 6.92 Å². The van der Waals surface area contributed by atoms with Gasteiger partial charge in [0.1, 0.15) is 11.5 Å². The van der Waals surface area contributed by atoms with E-state index in [0.717, 1.165) is 11.1 Å². The third-order valence-corrected chi connectivity index (χ3v) is 4.00. The smallest absolute Gasteiger partial charge is 0.270 e. The predicted octanol–water partition coefficient (Wildman–Crippen LogP) is 4.20. The first-order valence-corrected chi connectivity index (χ1v) is 9.06. The summed E-state index contributed by atoms with van der Waals surface area (Å²) in [6, 6.07) is 19.6. The number of anilines is 1. The van der Waals surface area contributed by atoms with E-state index in [9.17, 15) is 4.79 Å². The SMILES string of the molecule is Cc1ccc(CNC(=O)c2cc(NC(C)C)nc(-c3ccccc3)n2)cc1. The molecule has 5 nitrogen and oxygen atoms in total. The number of aryl methyl sites for hydroxylation is 1. The van der Waals surface area contributed by atoms with Crippen LogP contribution in [0.25, 0.3) is 11.4 Å². The Morgan fingerprint density at radius 1 is 1.00 bits per heavy atom. The third-order valence-electron chi connectivity index (χ3n) is 4.00. The molecule has 0 fully saturated rings. The van der Waals surface area contributed by atoms with Crippen molar-refractivity contribution in [3.63, 3.8) is 0 Å². The lowest BCUT2D eigenvalue weighted by Gasteiger charge is -2.12. The summed E-state index contributed by atoms with van der Waals surface area (Å²) in [6.45, 7) is 6.55. The number of nitrogens with one attached hydrogen (secondary N) is 2. The number of aromatic nitrogens is 2. The van der Waals surface area contributed by atoms with Gasteiger partial charge in [0.15, 0.2) is 5.82 Å². The molecule has 1 amide bonds. The van der Waals surface area contributed by atoms with Gasteiger partial charge in [0.2, 0.25) is 0 Å². The Labute approximate surface area is 159 Å². The van der Waals surface area contributed by atoms with Gasteiger partial charge in [0, 0.05) is 24.2 Å². The minimum absolute atomic E-state index is 0.201. The standard InChI is InChI=1S/C22H24N4O/c1-15(2)24-20-13-19(25-21(26-20)18-7-5-4-6-8-18)22(27)23-14-17-11-9-16(3)10-12-17/h4-13,15H,14H2,1-3H3,(H,23,27)(H,24,25,26). The third kappa shape index (κ3) is 5.14. The molecule has 0 atom stereocenters. The highest BCUT2D eigenvalue weighted by Gasteiger charge is 2.13. The molecule has 0 spiro atoms. The van der Waals surface area contributed by atoms with Gasteiger partial charge in [-0.05, 0) is 26.3 Å². The molecule has 3 aromatic rings. The fourth-order valence-corrected chi connectivity index (χ4v) is 2.63. The molecule has 0 unspecified atom stereocenters. The van der Waals surface area contributed by atoms with Crippen molar-refractivity contribution >= 4 is 11.7 Å². The van der Waals surface area contributed by atoms with E-state index >= 15 is 0 Å². The first-order valence-electron chi connectivity index (χ1n) is 9.06. The van der Waals surface area contributed by atoms with Gasteiger partial charge in [0.25, 0.3) is 5.91 Å². The average Bonchev–Trinajstić information content (AvgIpc) is 2.67. The van der Waals surface area contributed by atoms with Crippen molar-refractivity contribution in [2.75, 3.05) is 5.32 Å². The van der Waals surface area contributed by atoms with Gasteiger partial charge in [0.05, 0.1) is 0 Å². The van der Waals surface area contributed by atoms with Crippen LogP contribution >= 0.6 is 0 Å². The zero-order chi connectivity index (χ0) is 19.2. The van der Waals surface area contributed by atoms with Gasteiger partial charge in [-0.25, -0.2) is 9.97 Å². The van der Waals surface area contributed by atoms with E-state index in [1.165, 1.54) is 5.56 Å². The van der Waals surface area contributed by atoms with Crippen molar-refractivity contribution in [3.8, 4) is 11.4 Å². The van der Waals surface area contributed by atoms with Gasteiger partial charge in [-0.2, -0.15) is 0 Å². The molecule has 2 aromatic carbocycles. The van der Waals surface area contributed by atoms with Gasteiger partial charge in [-0.3, -0.25) is 4.79 Å². The van der Waals surface area contributed by atoms with Crippen LogP contribution in [0.5, 0.6) is 0 Å². The first kappa shape index (κ1) is 18.6. The summed E-state index contributed by atoms with van der Waals surface area (Å²) in [5, 5.41) is 6.20. The van der Waals surface area contributed by atoms with Crippen LogP contribution in [0.2, 0.25) is 0 Å². The molecule has 0 aliphatic carbocycles. The second kappa shape index (κ2) is 8.45. The molecule has 2 N–H and O–H groups in total. The Morgan fingerprint density at radius 2 is 1.70 bits per heavy atom. The average molecular weight is 360 g/mol. The van der Waals surface area contributed by atoms with Gasteiger partial charge in [-0.15, -0.1) is 0 Å². The van der Waals surface area contributed by atoms with Crippen molar-refractivity contribution in [2.24, 2.45) is 0 Å². The largest absolute Gasteiger partial charge is 0.368 e. The van der Waals surface area contributed by atoms with Crippen molar-refractivity contribution < 1.29 is 4.79 Å². The van der Waals surface area contributed by atoms with Crippen molar-refractivity contribution in [2.45, 2.75) is 33.4 Å². The van der Waals surface area contributed by atoms with Gasteiger partial charge >= 0.3 is 0 Å². The lowest BCUT2D eigenvalue weighted by Crippen LogP contribution is -2.24. The summed E-state index contributed by atoms with van der Waals surface area (Å²) in [5.74, 6) is 0.947. The molecule has 5 heteroatoms. The number of hydrogen-bond acceptors (Lipinski definition) is 4. The van der Waals surface area contributed by atoms with Gasteiger partial charge < -0.3 is 10.6 Å². The monoisotopic (exact) mass is 360 g/mol.